The Morgan fingerprint density at radius 1 is 1.17 bits per heavy atom. The van der Waals surface area contributed by atoms with E-state index in [1.165, 1.54) is 28.4 Å². The number of ether oxygens (including phenoxy) is 1. The third kappa shape index (κ3) is 6.29. The Labute approximate surface area is 213 Å². The van der Waals surface area contributed by atoms with Crippen molar-refractivity contribution in [2.24, 2.45) is 11.8 Å². The second-order valence-electron chi connectivity index (χ2n) is 9.80. The summed E-state index contributed by atoms with van der Waals surface area (Å²) in [5.74, 6) is -0.207. The summed E-state index contributed by atoms with van der Waals surface area (Å²) in [7, 11) is 0. The Morgan fingerprint density at radius 2 is 1.92 bits per heavy atom. The van der Waals surface area contributed by atoms with Crippen LogP contribution in [-0.2, 0) is 14.3 Å². The Bertz CT molecular complexity index is 1090. The molecule has 2 N–H and O–H groups in total. The first-order chi connectivity index (χ1) is 17.5. The largest absolute Gasteiger partial charge is 0.370 e. The maximum absolute atomic E-state index is 14.9. The van der Waals surface area contributed by atoms with Gasteiger partial charge in [-0.15, -0.1) is 11.3 Å². The van der Waals surface area contributed by atoms with Crippen molar-refractivity contribution in [2.75, 3.05) is 49.6 Å². The predicted molar refractivity (Wildman–Crippen MR) is 136 cm³/mol. The Kier molecular flexibility index (Phi) is 7.64. The molecule has 3 amide bonds. The summed E-state index contributed by atoms with van der Waals surface area (Å²) >= 11 is 1.35. The van der Waals surface area contributed by atoms with Crippen LogP contribution in [0.5, 0.6) is 0 Å². The molecule has 2 aliphatic carbocycles. The third-order valence-corrected chi connectivity index (χ3v) is 7.68. The number of anilines is 2. The molecule has 192 valence electrons. The van der Waals surface area contributed by atoms with Gasteiger partial charge in [0.1, 0.15) is 18.5 Å². The number of rotatable bonds is 11. The highest BCUT2D eigenvalue weighted by molar-refractivity contribution is 7.12. The summed E-state index contributed by atoms with van der Waals surface area (Å²) in [6, 6.07) is 7.35. The SMILES string of the molecule is O=C(NC[C@H](C(=O)Nc1ccc(N2CCOCC2=O)c(F)c1)N(CC1CC1)CC1CC1)c1cccs1. The molecule has 8 nitrogen and oxygen atoms in total. The summed E-state index contributed by atoms with van der Waals surface area (Å²) in [5.41, 5.74) is 0.486. The maximum atomic E-state index is 14.9. The Hall–Kier alpha value is -2.82. The Morgan fingerprint density at radius 3 is 2.53 bits per heavy atom. The average molecular weight is 515 g/mol. The number of carbonyl (C=O) groups excluding carboxylic acids is 3. The van der Waals surface area contributed by atoms with Gasteiger partial charge in [0.2, 0.25) is 5.91 Å². The molecular formula is C26H31FN4O4S. The molecule has 2 aromatic rings. The van der Waals surface area contributed by atoms with E-state index in [1.54, 1.807) is 12.1 Å². The molecule has 1 saturated heterocycles. The number of morpholine rings is 1. The molecule has 1 aliphatic heterocycles. The number of amides is 3. The number of nitrogens with zero attached hydrogens (tertiary/aromatic N) is 2. The molecule has 2 saturated carbocycles. The summed E-state index contributed by atoms with van der Waals surface area (Å²) in [6.45, 7) is 2.36. The van der Waals surface area contributed by atoms with Gasteiger partial charge in [-0.05, 0) is 67.2 Å². The normalized spacial score (nSPS) is 18.8. The monoisotopic (exact) mass is 514 g/mol. The first-order valence-corrected chi connectivity index (χ1v) is 13.4. The van der Waals surface area contributed by atoms with Crippen LogP contribution >= 0.6 is 11.3 Å². The number of nitrogens with one attached hydrogen (secondary N) is 2. The molecule has 10 heteroatoms. The summed E-state index contributed by atoms with van der Waals surface area (Å²) in [6.07, 6.45) is 4.63. The highest BCUT2D eigenvalue weighted by Gasteiger charge is 2.36. The molecule has 1 atom stereocenters. The van der Waals surface area contributed by atoms with Crippen LogP contribution in [0, 0.1) is 17.7 Å². The molecule has 5 rings (SSSR count). The maximum Gasteiger partial charge on any atom is 0.261 e. The van der Waals surface area contributed by atoms with Crippen molar-refractivity contribution in [3.05, 3.63) is 46.4 Å². The standard InChI is InChI=1S/C26H31FN4O4S/c27-20-12-19(7-8-21(20)31-9-10-35-16-24(31)32)29-25(33)22(13-28-26(34)23-2-1-11-36-23)30(14-17-3-4-17)15-18-5-6-18/h1-2,7-8,11-12,17-18,22H,3-6,9-10,13-16H2,(H,28,34)(H,29,33)/t22-/m1/s1. The van der Waals surface area contributed by atoms with Crippen LogP contribution in [0.4, 0.5) is 15.8 Å². The van der Waals surface area contributed by atoms with Gasteiger partial charge in [-0.25, -0.2) is 4.39 Å². The van der Waals surface area contributed by atoms with Gasteiger partial charge in [0, 0.05) is 31.9 Å². The fraction of sp³-hybridized carbons (Fsp3) is 0.500. The van der Waals surface area contributed by atoms with E-state index in [4.69, 9.17) is 4.74 Å². The number of hydrogen-bond donors (Lipinski definition) is 2. The van der Waals surface area contributed by atoms with Gasteiger partial charge in [0.05, 0.1) is 17.2 Å². The van der Waals surface area contributed by atoms with E-state index >= 15 is 0 Å². The molecule has 0 bridgehead atoms. The zero-order chi connectivity index (χ0) is 25.1. The molecular weight excluding hydrogens is 483 g/mol. The van der Waals surface area contributed by atoms with Crippen LogP contribution in [0.1, 0.15) is 35.4 Å². The topological polar surface area (TPSA) is 91.0 Å². The molecule has 0 unspecified atom stereocenters. The summed E-state index contributed by atoms with van der Waals surface area (Å²) < 4.78 is 20.1. The first-order valence-electron chi connectivity index (χ1n) is 12.5. The highest BCUT2D eigenvalue weighted by atomic mass is 32.1. The Balaban J connectivity index is 1.30. The van der Waals surface area contributed by atoms with E-state index in [0.717, 1.165) is 38.8 Å². The zero-order valence-electron chi connectivity index (χ0n) is 20.1. The van der Waals surface area contributed by atoms with E-state index in [9.17, 15) is 18.8 Å². The van der Waals surface area contributed by atoms with Crippen molar-refractivity contribution in [3.63, 3.8) is 0 Å². The molecule has 0 spiro atoms. The van der Waals surface area contributed by atoms with Crippen molar-refractivity contribution in [1.29, 1.82) is 0 Å². The van der Waals surface area contributed by atoms with Gasteiger partial charge in [0.25, 0.3) is 11.8 Å². The fourth-order valence-corrected chi connectivity index (χ4v) is 5.11. The molecule has 3 fully saturated rings. The zero-order valence-corrected chi connectivity index (χ0v) is 20.9. The number of hydrogen-bond acceptors (Lipinski definition) is 6. The minimum Gasteiger partial charge on any atom is -0.370 e. The number of thiophene rings is 1. The molecule has 1 aromatic heterocycles. The lowest BCUT2D eigenvalue weighted by Crippen LogP contribution is -2.52. The van der Waals surface area contributed by atoms with Crippen LogP contribution in [0.3, 0.4) is 0 Å². The van der Waals surface area contributed by atoms with Gasteiger partial charge in [-0.2, -0.15) is 0 Å². The predicted octanol–water partition coefficient (Wildman–Crippen LogP) is 3.11. The van der Waals surface area contributed by atoms with Gasteiger partial charge in [0.15, 0.2) is 0 Å². The van der Waals surface area contributed by atoms with Gasteiger partial charge >= 0.3 is 0 Å². The second kappa shape index (κ2) is 11.1. The lowest BCUT2D eigenvalue weighted by Gasteiger charge is -2.31. The smallest absolute Gasteiger partial charge is 0.261 e. The minimum atomic E-state index is -0.585. The van der Waals surface area contributed by atoms with Crippen molar-refractivity contribution in [3.8, 4) is 0 Å². The number of benzene rings is 1. The first kappa shape index (κ1) is 24.9. The van der Waals surface area contributed by atoms with E-state index in [1.807, 2.05) is 11.4 Å². The average Bonchev–Trinajstić information content (AvgIpc) is 3.79. The number of carbonyl (C=O) groups is 3. The molecule has 2 heterocycles. The van der Waals surface area contributed by atoms with Crippen molar-refractivity contribution >= 4 is 40.4 Å². The third-order valence-electron chi connectivity index (χ3n) is 6.82. The van der Waals surface area contributed by atoms with Crippen molar-refractivity contribution in [2.45, 2.75) is 31.7 Å². The number of halogens is 1. The van der Waals surface area contributed by atoms with E-state index in [-0.39, 0.29) is 43.1 Å². The highest BCUT2D eigenvalue weighted by Crippen LogP contribution is 2.35. The fourth-order valence-electron chi connectivity index (χ4n) is 4.47. The quantitative estimate of drug-likeness (QED) is 0.481. The lowest BCUT2D eigenvalue weighted by atomic mass is 10.1. The molecule has 0 radical (unpaired) electrons. The van der Waals surface area contributed by atoms with Crippen LogP contribution in [0.2, 0.25) is 0 Å². The minimum absolute atomic E-state index is 0.0748. The molecule has 36 heavy (non-hydrogen) atoms. The van der Waals surface area contributed by atoms with Crippen LogP contribution in [0.25, 0.3) is 0 Å². The van der Waals surface area contributed by atoms with Crippen LogP contribution in [0.15, 0.2) is 35.7 Å². The van der Waals surface area contributed by atoms with Crippen LogP contribution in [-0.4, -0.2) is 68.1 Å². The summed E-state index contributed by atoms with van der Waals surface area (Å²) in [4.78, 5) is 42.3. The van der Waals surface area contributed by atoms with Crippen molar-refractivity contribution < 1.29 is 23.5 Å². The van der Waals surface area contributed by atoms with Crippen molar-refractivity contribution in [1.82, 2.24) is 10.2 Å². The van der Waals surface area contributed by atoms with Gasteiger partial charge in [-0.1, -0.05) is 6.07 Å². The molecule has 3 aliphatic rings. The van der Waals surface area contributed by atoms with E-state index in [0.29, 0.717) is 29.0 Å². The van der Waals surface area contributed by atoms with E-state index in [2.05, 4.69) is 15.5 Å². The lowest BCUT2D eigenvalue weighted by molar-refractivity contribution is -0.125. The van der Waals surface area contributed by atoms with Gasteiger partial charge < -0.3 is 20.3 Å². The second-order valence-corrected chi connectivity index (χ2v) is 10.7. The molecule has 1 aromatic carbocycles. The van der Waals surface area contributed by atoms with Gasteiger partial charge in [-0.3, -0.25) is 19.3 Å². The van der Waals surface area contributed by atoms with Crippen LogP contribution < -0.4 is 15.5 Å². The van der Waals surface area contributed by atoms with E-state index < -0.39 is 11.9 Å². The summed E-state index contributed by atoms with van der Waals surface area (Å²) in [5, 5.41) is 7.62.